The van der Waals surface area contributed by atoms with E-state index in [1.165, 1.54) is 50.6 Å². The van der Waals surface area contributed by atoms with Gasteiger partial charge in [0, 0.05) is 17.6 Å². The standard InChI is InChI=1S/C13H23N.C2H4O2/c1-3-5-6-7-10-14-11-9-13(12-14)8-4-2;1-2(3)4/h9,11-12H,3-8,10H2,1-2H3;1H3,(H,3,4). The van der Waals surface area contributed by atoms with Crippen LogP contribution in [0.5, 0.6) is 0 Å². The molecule has 18 heavy (non-hydrogen) atoms. The number of allylic oxidation sites excluding steroid dienone is 2. The van der Waals surface area contributed by atoms with Crippen LogP contribution < -0.4 is 10.0 Å². The molecular weight excluding hydrogens is 226 g/mol. The summed E-state index contributed by atoms with van der Waals surface area (Å²) in [5.74, 6) is -1.08. The molecule has 0 bridgehead atoms. The molecule has 1 atom stereocenters. The Hall–Kier alpha value is -1.09. The van der Waals surface area contributed by atoms with Crippen molar-refractivity contribution < 1.29 is 14.8 Å². The molecule has 1 N–H and O–H groups in total. The van der Waals surface area contributed by atoms with Gasteiger partial charge < -0.3 is 9.90 Å². The first-order chi connectivity index (χ1) is 8.60. The second-order valence-electron chi connectivity index (χ2n) is 4.68. The first-order valence-electron chi connectivity index (χ1n) is 7.02. The largest absolute Gasteiger partial charge is 0.550 e. The summed E-state index contributed by atoms with van der Waals surface area (Å²) in [6, 6.07) is 0. The van der Waals surface area contributed by atoms with Crippen molar-refractivity contribution in [2.24, 2.45) is 0 Å². The van der Waals surface area contributed by atoms with E-state index in [1.54, 1.807) is 4.90 Å². The minimum Gasteiger partial charge on any atom is -0.550 e. The maximum atomic E-state index is 8.89. The number of rotatable bonds is 7. The average molecular weight is 253 g/mol. The van der Waals surface area contributed by atoms with E-state index in [4.69, 9.17) is 9.90 Å². The van der Waals surface area contributed by atoms with E-state index in [0.29, 0.717) is 0 Å². The molecule has 1 heterocycles. The molecule has 1 aliphatic rings. The molecule has 1 aliphatic heterocycles. The normalized spacial score (nSPS) is 17.1. The molecule has 104 valence electrons. The van der Waals surface area contributed by atoms with E-state index in [1.807, 2.05) is 0 Å². The number of carboxylic acid groups (broad SMARTS) is 1. The highest BCUT2D eigenvalue weighted by Crippen LogP contribution is 2.06. The van der Waals surface area contributed by atoms with Crippen molar-refractivity contribution in [1.82, 2.24) is 0 Å². The van der Waals surface area contributed by atoms with Gasteiger partial charge in [-0.1, -0.05) is 33.1 Å². The number of carbonyl (C=O) groups is 1. The molecule has 0 saturated heterocycles. The zero-order chi connectivity index (χ0) is 13.8. The van der Waals surface area contributed by atoms with E-state index >= 15 is 0 Å². The number of hydrogen-bond donors (Lipinski definition) is 1. The van der Waals surface area contributed by atoms with Crippen LogP contribution in [0.1, 0.15) is 59.3 Å². The lowest BCUT2D eigenvalue weighted by atomic mass is 10.2. The summed E-state index contributed by atoms with van der Waals surface area (Å²) < 4.78 is 0. The van der Waals surface area contributed by atoms with Gasteiger partial charge in [0.25, 0.3) is 0 Å². The molecule has 0 aliphatic carbocycles. The van der Waals surface area contributed by atoms with Gasteiger partial charge in [0.15, 0.2) is 0 Å². The van der Waals surface area contributed by atoms with Gasteiger partial charge >= 0.3 is 0 Å². The number of carbonyl (C=O) groups excluding carboxylic acids is 1. The second-order valence-corrected chi connectivity index (χ2v) is 4.68. The summed E-state index contributed by atoms with van der Waals surface area (Å²) in [4.78, 5) is 10.4. The molecule has 1 rings (SSSR count). The monoisotopic (exact) mass is 253 g/mol. The lowest BCUT2D eigenvalue weighted by Gasteiger charge is -2.05. The maximum Gasteiger partial charge on any atom is 0.102 e. The van der Waals surface area contributed by atoms with E-state index < -0.39 is 5.97 Å². The van der Waals surface area contributed by atoms with Crippen LogP contribution in [0.4, 0.5) is 0 Å². The Morgan fingerprint density at radius 1 is 1.22 bits per heavy atom. The molecular formula is C15H27NO2. The van der Waals surface area contributed by atoms with E-state index in [9.17, 15) is 0 Å². The Bertz CT molecular complexity index is 278. The highest BCUT2D eigenvalue weighted by Gasteiger charge is 2.09. The third kappa shape index (κ3) is 10.1. The summed E-state index contributed by atoms with van der Waals surface area (Å²) >= 11 is 0. The second kappa shape index (κ2) is 11.0. The number of quaternary nitrogens is 1. The van der Waals surface area contributed by atoms with E-state index in [0.717, 1.165) is 6.92 Å². The quantitative estimate of drug-likeness (QED) is 0.697. The highest BCUT2D eigenvalue weighted by molar-refractivity contribution is 5.60. The zero-order valence-corrected chi connectivity index (χ0v) is 12.0. The van der Waals surface area contributed by atoms with Crippen molar-refractivity contribution in [3.8, 4) is 0 Å². The summed E-state index contributed by atoms with van der Waals surface area (Å²) in [6.07, 6.45) is 15.0. The summed E-state index contributed by atoms with van der Waals surface area (Å²) in [6.45, 7) is 6.76. The molecule has 0 fully saturated rings. The number of unbranched alkanes of at least 4 members (excludes halogenated alkanes) is 3. The zero-order valence-electron chi connectivity index (χ0n) is 12.0. The smallest absolute Gasteiger partial charge is 0.102 e. The van der Waals surface area contributed by atoms with Gasteiger partial charge in [-0.05, 0) is 26.2 Å². The molecule has 0 aromatic heterocycles. The molecule has 0 aromatic rings. The van der Waals surface area contributed by atoms with Crippen LogP contribution in [0.25, 0.3) is 0 Å². The number of aliphatic carboxylic acids is 1. The summed E-state index contributed by atoms with van der Waals surface area (Å²) in [5.41, 5.74) is 1.53. The molecule has 0 aromatic carbocycles. The van der Waals surface area contributed by atoms with Crippen molar-refractivity contribution in [3.63, 3.8) is 0 Å². The van der Waals surface area contributed by atoms with Crippen molar-refractivity contribution >= 4 is 5.97 Å². The Kier molecular flexibility index (Phi) is 10.4. The number of hydrogen-bond acceptors (Lipinski definition) is 2. The Labute approximate surface area is 111 Å². The van der Waals surface area contributed by atoms with Crippen LogP contribution >= 0.6 is 0 Å². The van der Waals surface area contributed by atoms with Crippen molar-refractivity contribution in [3.05, 3.63) is 24.0 Å². The Morgan fingerprint density at radius 3 is 2.44 bits per heavy atom. The van der Waals surface area contributed by atoms with Gasteiger partial charge in [-0.2, -0.15) is 0 Å². The van der Waals surface area contributed by atoms with Crippen molar-refractivity contribution in [1.29, 1.82) is 0 Å². The van der Waals surface area contributed by atoms with Gasteiger partial charge in [-0.3, -0.25) is 4.90 Å². The van der Waals surface area contributed by atoms with E-state index in [2.05, 4.69) is 32.3 Å². The molecule has 0 spiro atoms. The molecule has 0 amide bonds. The van der Waals surface area contributed by atoms with Gasteiger partial charge in [-0.15, -0.1) is 0 Å². The van der Waals surface area contributed by atoms with Crippen molar-refractivity contribution in [2.45, 2.75) is 59.3 Å². The lowest BCUT2D eigenvalue weighted by Crippen LogP contribution is -3.01. The molecule has 3 heteroatoms. The molecule has 0 radical (unpaired) electrons. The van der Waals surface area contributed by atoms with Crippen LogP contribution in [0.2, 0.25) is 0 Å². The molecule has 1 unspecified atom stereocenters. The minimum absolute atomic E-state index is 0.972. The fourth-order valence-electron chi connectivity index (χ4n) is 1.90. The van der Waals surface area contributed by atoms with Crippen molar-refractivity contribution in [2.75, 3.05) is 6.54 Å². The van der Waals surface area contributed by atoms with Crippen LogP contribution in [-0.4, -0.2) is 12.5 Å². The first kappa shape index (κ1) is 16.9. The van der Waals surface area contributed by atoms with Gasteiger partial charge in [-0.25, -0.2) is 0 Å². The Balaban J connectivity index is 0.000000631. The van der Waals surface area contributed by atoms with Crippen LogP contribution in [-0.2, 0) is 4.79 Å². The fourth-order valence-corrected chi connectivity index (χ4v) is 1.90. The van der Waals surface area contributed by atoms with Gasteiger partial charge in [0.1, 0.15) is 6.20 Å². The lowest BCUT2D eigenvalue weighted by molar-refractivity contribution is -0.788. The maximum absolute atomic E-state index is 8.89. The number of nitrogens with one attached hydrogen (secondary N) is 1. The first-order valence-corrected chi connectivity index (χ1v) is 7.02. The number of carboxylic acids is 1. The fraction of sp³-hybridized carbons (Fsp3) is 0.667. The molecule has 3 nitrogen and oxygen atoms in total. The predicted molar refractivity (Wildman–Crippen MR) is 72.8 cm³/mol. The highest BCUT2D eigenvalue weighted by atomic mass is 16.4. The third-order valence-corrected chi connectivity index (χ3v) is 2.74. The summed E-state index contributed by atoms with van der Waals surface area (Å²) in [7, 11) is 0. The minimum atomic E-state index is -1.08. The third-order valence-electron chi connectivity index (χ3n) is 2.74. The topological polar surface area (TPSA) is 44.6 Å². The molecule has 0 saturated carbocycles. The summed E-state index contributed by atoms with van der Waals surface area (Å²) in [5, 5.41) is 8.89. The average Bonchev–Trinajstić information content (AvgIpc) is 2.72. The van der Waals surface area contributed by atoms with E-state index in [-0.39, 0.29) is 0 Å². The van der Waals surface area contributed by atoms with Crippen LogP contribution in [0.15, 0.2) is 24.0 Å². The van der Waals surface area contributed by atoms with Gasteiger partial charge in [0.05, 0.1) is 12.7 Å². The van der Waals surface area contributed by atoms with Gasteiger partial charge in [0.2, 0.25) is 0 Å². The SMILES string of the molecule is CC(=O)[O-].CCCCCC[NH+]1C=CC(CCC)=C1. The van der Waals surface area contributed by atoms with Crippen LogP contribution in [0.3, 0.4) is 0 Å². The predicted octanol–water partition coefficient (Wildman–Crippen LogP) is 1.42. The van der Waals surface area contributed by atoms with Crippen LogP contribution in [0, 0.1) is 0 Å². The Morgan fingerprint density at radius 2 is 1.89 bits per heavy atom.